The van der Waals surface area contributed by atoms with Crippen LogP contribution < -0.4 is 10.6 Å². The van der Waals surface area contributed by atoms with Gasteiger partial charge in [-0.3, -0.25) is 0 Å². The summed E-state index contributed by atoms with van der Waals surface area (Å²) in [6.07, 6.45) is 7.84. The third kappa shape index (κ3) is 2.73. The Bertz CT molecular complexity index is 545. The smallest absolute Gasteiger partial charge is 0.315 e. The van der Waals surface area contributed by atoms with Crippen LogP contribution in [0.5, 0.6) is 0 Å². The molecule has 0 spiro atoms. The van der Waals surface area contributed by atoms with Gasteiger partial charge in [0, 0.05) is 12.1 Å². The van der Waals surface area contributed by atoms with Gasteiger partial charge in [0.2, 0.25) is 0 Å². The van der Waals surface area contributed by atoms with E-state index in [0.717, 1.165) is 17.8 Å². The van der Waals surface area contributed by atoms with Gasteiger partial charge < -0.3 is 10.6 Å². The molecule has 5 rings (SSSR count). The number of hydrogen-bond donors (Lipinski definition) is 2. The van der Waals surface area contributed by atoms with Crippen molar-refractivity contribution in [3.63, 3.8) is 0 Å². The van der Waals surface area contributed by atoms with Crippen molar-refractivity contribution in [3.8, 4) is 0 Å². The largest absolute Gasteiger partial charge is 0.334 e. The van der Waals surface area contributed by atoms with E-state index in [0.29, 0.717) is 6.54 Å². The topological polar surface area (TPSA) is 41.1 Å². The highest BCUT2D eigenvalue weighted by molar-refractivity contribution is 5.75. The second-order valence-corrected chi connectivity index (χ2v) is 7.99. The molecule has 1 aromatic rings. The Morgan fingerprint density at radius 1 is 1.14 bits per heavy atom. The first-order chi connectivity index (χ1) is 10.6. The first-order valence-corrected chi connectivity index (χ1v) is 8.72. The molecule has 0 radical (unpaired) electrons. The van der Waals surface area contributed by atoms with Gasteiger partial charge in [0.25, 0.3) is 0 Å². The molecule has 0 atom stereocenters. The molecule has 3 nitrogen and oxygen atoms in total. The number of aryl methyl sites for hydroxylation is 1. The van der Waals surface area contributed by atoms with Crippen LogP contribution in [-0.2, 0) is 6.54 Å². The summed E-state index contributed by atoms with van der Waals surface area (Å²) >= 11 is 0. The van der Waals surface area contributed by atoms with Crippen LogP contribution in [0.2, 0.25) is 0 Å². The van der Waals surface area contributed by atoms with E-state index in [-0.39, 0.29) is 11.6 Å². The summed E-state index contributed by atoms with van der Waals surface area (Å²) in [6, 6.07) is 8.34. The van der Waals surface area contributed by atoms with Gasteiger partial charge >= 0.3 is 6.03 Å². The summed E-state index contributed by atoms with van der Waals surface area (Å²) in [7, 11) is 0. The zero-order valence-corrected chi connectivity index (χ0v) is 13.4. The average molecular weight is 298 g/mol. The van der Waals surface area contributed by atoms with Crippen LogP contribution in [0.25, 0.3) is 0 Å². The van der Waals surface area contributed by atoms with Crippen molar-refractivity contribution in [1.29, 1.82) is 0 Å². The van der Waals surface area contributed by atoms with E-state index in [9.17, 15) is 4.79 Å². The second-order valence-electron chi connectivity index (χ2n) is 7.99. The van der Waals surface area contributed by atoms with Crippen molar-refractivity contribution in [1.82, 2.24) is 10.6 Å². The summed E-state index contributed by atoms with van der Waals surface area (Å²) in [5, 5.41) is 6.41. The fourth-order valence-corrected chi connectivity index (χ4v) is 5.55. The Kier molecular flexibility index (Phi) is 3.39. The SMILES string of the molecule is Cc1cccc(CNC(=O)NC23CC4CC(CC(C4)C2)C3)c1. The monoisotopic (exact) mass is 298 g/mol. The minimum atomic E-state index is 0.0171. The molecule has 4 fully saturated rings. The zero-order valence-electron chi connectivity index (χ0n) is 13.4. The maximum atomic E-state index is 12.4. The van der Waals surface area contributed by atoms with Gasteiger partial charge in [-0.25, -0.2) is 4.79 Å². The van der Waals surface area contributed by atoms with Gasteiger partial charge in [-0.2, -0.15) is 0 Å². The fraction of sp³-hybridized carbons (Fsp3) is 0.632. The Balaban J connectivity index is 1.36. The summed E-state index contributed by atoms with van der Waals surface area (Å²) in [5.41, 5.74) is 2.51. The van der Waals surface area contributed by atoms with Crippen molar-refractivity contribution in [3.05, 3.63) is 35.4 Å². The van der Waals surface area contributed by atoms with Crippen LogP contribution in [0.3, 0.4) is 0 Å². The first kappa shape index (κ1) is 14.1. The molecule has 22 heavy (non-hydrogen) atoms. The standard InChI is InChI=1S/C19H26N2O/c1-13-3-2-4-14(5-13)12-20-18(22)21-19-9-15-6-16(10-19)8-17(7-15)11-19/h2-5,15-17H,6-12H2,1H3,(H2,20,21,22). The normalized spacial score (nSPS) is 35.4. The maximum Gasteiger partial charge on any atom is 0.315 e. The lowest BCUT2D eigenvalue weighted by Crippen LogP contribution is -2.61. The molecule has 118 valence electrons. The van der Waals surface area contributed by atoms with Gasteiger partial charge in [-0.1, -0.05) is 29.8 Å². The maximum absolute atomic E-state index is 12.4. The number of nitrogens with one attached hydrogen (secondary N) is 2. The molecule has 4 bridgehead atoms. The van der Waals surface area contributed by atoms with Crippen LogP contribution in [0.15, 0.2) is 24.3 Å². The predicted octanol–water partition coefficient (Wildman–Crippen LogP) is 3.76. The molecule has 0 unspecified atom stereocenters. The molecule has 4 aliphatic rings. The number of hydrogen-bond acceptors (Lipinski definition) is 1. The van der Waals surface area contributed by atoms with Gasteiger partial charge in [0.15, 0.2) is 0 Å². The van der Waals surface area contributed by atoms with Gasteiger partial charge in [-0.15, -0.1) is 0 Å². The molecule has 0 saturated heterocycles. The number of benzene rings is 1. The lowest BCUT2D eigenvalue weighted by atomic mass is 9.53. The zero-order chi connectivity index (χ0) is 15.2. The molecule has 4 saturated carbocycles. The molecular formula is C19H26N2O. The Labute approximate surface area is 132 Å². The predicted molar refractivity (Wildman–Crippen MR) is 87.5 cm³/mol. The van der Waals surface area contributed by atoms with E-state index < -0.39 is 0 Å². The Morgan fingerprint density at radius 3 is 2.36 bits per heavy atom. The molecule has 2 N–H and O–H groups in total. The molecule has 3 heteroatoms. The molecule has 0 aliphatic heterocycles. The molecule has 0 aromatic heterocycles. The quantitative estimate of drug-likeness (QED) is 0.876. The lowest BCUT2D eigenvalue weighted by molar-refractivity contribution is -0.0135. The third-order valence-corrected chi connectivity index (χ3v) is 5.95. The van der Waals surface area contributed by atoms with E-state index in [4.69, 9.17) is 0 Å². The number of rotatable bonds is 3. The average Bonchev–Trinajstić information content (AvgIpc) is 2.43. The molecular weight excluding hydrogens is 272 g/mol. The highest BCUT2D eigenvalue weighted by Gasteiger charge is 2.51. The highest BCUT2D eigenvalue weighted by atomic mass is 16.2. The van der Waals surface area contributed by atoms with Crippen molar-refractivity contribution in [2.24, 2.45) is 17.8 Å². The number of carbonyl (C=O) groups is 1. The fourth-order valence-electron chi connectivity index (χ4n) is 5.55. The van der Waals surface area contributed by atoms with Crippen LogP contribution in [-0.4, -0.2) is 11.6 Å². The molecule has 1 aromatic carbocycles. The van der Waals surface area contributed by atoms with Crippen LogP contribution >= 0.6 is 0 Å². The number of urea groups is 1. The Morgan fingerprint density at radius 2 is 1.77 bits per heavy atom. The summed E-state index contributed by atoms with van der Waals surface area (Å²) < 4.78 is 0. The number of carbonyl (C=O) groups excluding carboxylic acids is 1. The van der Waals surface area contributed by atoms with Crippen LogP contribution in [0.4, 0.5) is 4.79 Å². The van der Waals surface area contributed by atoms with E-state index in [1.807, 2.05) is 6.07 Å². The van der Waals surface area contributed by atoms with E-state index in [1.54, 1.807) is 0 Å². The van der Waals surface area contributed by atoms with Crippen molar-refractivity contribution < 1.29 is 4.79 Å². The summed E-state index contributed by atoms with van der Waals surface area (Å²) in [5.74, 6) is 2.59. The summed E-state index contributed by atoms with van der Waals surface area (Å²) in [6.45, 7) is 2.69. The minimum Gasteiger partial charge on any atom is -0.334 e. The molecule has 2 amide bonds. The van der Waals surface area contributed by atoms with Gasteiger partial charge in [-0.05, 0) is 68.8 Å². The van der Waals surface area contributed by atoms with E-state index in [1.165, 1.54) is 49.7 Å². The van der Waals surface area contributed by atoms with Crippen molar-refractivity contribution in [2.45, 2.75) is 57.5 Å². The van der Waals surface area contributed by atoms with E-state index in [2.05, 4.69) is 35.8 Å². The highest BCUT2D eigenvalue weighted by Crippen LogP contribution is 2.55. The Hall–Kier alpha value is -1.51. The lowest BCUT2D eigenvalue weighted by Gasteiger charge is -2.56. The minimum absolute atomic E-state index is 0.0171. The van der Waals surface area contributed by atoms with Crippen LogP contribution in [0.1, 0.15) is 49.7 Å². The van der Waals surface area contributed by atoms with E-state index >= 15 is 0 Å². The van der Waals surface area contributed by atoms with Crippen molar-refractivity contribution in [2.75, 3.05) is 0 Å². The molecule has 0 heterocycles. The van der Waals surface area contributed by atoms with Gasteiger partial charge in [0.05, 0.1) is 0 Å². The van der Waals surface area contributed by atoms with Crippen molar-refractivity contribution >= 4 is 6.03 Å². The number of amides is 2. The second kappa shape index (κ2) is 5.29. The molecule has 4 aliphatic carbocycles. The first-order valence-electron chi connectivity index (χ1n) is 8.72. The van der Waals surface area contributed by atoms with Crippen LogP contribution in [0, 0.1) is 24.7 Å². The third-order valence-electron chi connectivity index (χ3n) is 5.95. The summed E-state index contributed by atoms with van der Waals surface area (Å²) in [4.78, 5) is 12.4. The van der Waals surface area contributed by atoms with Gasteiger partial charge in [0.1, 0.15) is 0 Å².